The number of hydrogen-bond donors (Lipinski definition) is 2. The van der Waals surface area contributed by atoms with E-state index in [1.807, 2.05) is 0 Å². The van der Waals surface area contributed by atoms with Crippen LogP contribution in [-0.2, 0) is 0 Å². The molecule has 0 saturated carbocycles. The van der Waals surface area contributed by atoms with Gasteiger partial charge in [-0.1, -0.05) is 18.2 Å². The lowest BCUT2D eigenvalue weighted by Gasteiger charge is -2.04. The lowest BCUT2D eigenvalue weighted by molar-refractivity contribution is -0.385. The molecule has 0 atom stereocenters. The molecule has 3 N–H and O–H groups in total. The highest BCUT2D eigenvalue weighted by Gasteiger charge is 2.19. The Morgan fingerprint density at radius 3 is 2.83 bits per heavy atom. The fraction of sp³-hybridized carbons (Fsp3) is 0.250. The third kappa shape index (κ3) is 3.67. The van der Waals surface area contributed by atoms with Crippen molar-refractivity contribution in [1.82, 2.24) is 5.32 Å². The summed E-state index contributed by atoms with van der Waals surface area (Å²) in [6.45, 7) is 2.45. The van der Waals surface area contributed by atoms with Gasteiger partial charge in [0.1, 0.15) is 5.56 Å². The lowest BCUT2D eigenvalue weighted by Crippen LogP contribution is -2.24. The summed E-state index contributed by atoms with van der Waals surface area (Å²) in [4.78, 5) is 22.0. The second-order valence-corrected chi connectivity index (χ2v) is 3.69. The van der Waals surface area contributed by atoms with Gasteiger partial charge in [-0.15, -0.1) is 0 Å². The van der Waals surface area contributed by atoms with Gasteiger partial charge in [-0.3, -0.25) is 14.9 Å². The average molecular weight is 249 g/mol. The molecule has 6 heteroatoms. The highest BCUT2D eigenvalue weighted by atomic mass is 16.6. The summed E-state index contributed by atoms with van der Waals surface area (Å²) in [5, 5.41) is 13.4. The number of nitrogens with zero attached hydrogens (tertiary/aromatic N) is 1. The van der Waals surface area contributed by atoms with E-state index in [4.69, 9.17) is 5.73 Å². The van der Waals surface area contributed by atoms with Crippen molar-refractivity contribution in [2.75, 3.05) is 13.1 Å². The standard InChI is InChI=1S/C12H15N3O3/c1-9-4-5-11(15(17)18)10(8-9)12(16)14-7-3-2-6-13/h2-5,8H,6-7,13H2,1H3,(H,14,16)/b3-2+. The van der Waals surface area contributed by atoms with E-state index in [0.717, 1.165) is 5.56 Å². The van der Waals surface area contributed by atoms with Gasteiger partial charge in [0.2, 0.25) is 0 Å². The van der Waals surface area contributed by atoms with Gasteiger partial charge in [-0.05, 0) is 18.6 Å². The van der Waals surface area contributed by atoms with Crippen molar-refractivity contribution in [3.05, 3.63) is 51.6 Å². The molecule has 0 aliphatic rings. The van der Waals surface area contributed by atoms with Gasteiger partial charge >= 0.3 is 0 Å². The van der Waals surface area contributed by atoms with Gasteiger partial charge in [0.15, 0.2) is 0 Å². The van der Waals surface area contributed by atoms with Crippen LogP contribution in [0.3, 0.4) is 0 Å². The minimum atomic E-state index is -0.565. The summed E-state index contributed by atoms with van der Waals surface area (Å²) in [6.07, 6.45) is 3.39. The molecular weight excluding hydrogens is 234 g/mol. The number of hydrogen-bond acceptors (Lipinski definition) is 4. The molecule has 96 valence electrons. The molecule has 0 saturated heterocycles. The fourth-order valence-corrected chi connectivity index (χ4v) is 1.42. The van der Waals surface area contributed by atoms with Crippen LogP contribution in [0.2, 0.25) is 0 Å². The Morgan fingerprint density at radius 2 is 2.22 bits per heavy atom. The van der Waals surface area contributed by atoms with Gasteiger partial charge in [0.25, 0.3) is 11.6 Å². The molecule has 0 spiro atoms. The van der Waals surface area contributed by atoms with Crippen molar-refractivity contribution in [2.45, 2.75) is 6.92 Å². The number of nitrogens with one attached hydrogen (secondary N) is 1. The summed E-state index contributed by atoms with van der Waals surface area (Å²) < 4.78 is 0. The summed E-state index contributed by atoms with van der Waals surface area (Å²) >= 11 is 0. The second-order valence-electron chi connectivity index (χ2n) is 3.69. The molecule has 0 aliphatic carbocycles. The van der Waals surface area contributed by atoms with Crippen molar-refractivity contribution in [3.8, 4) is 0 Å². The largest absolute Gasteiger partial charge is 0.348 e. The Labute approximate surface area is 105 Å². The molecule has 0 bridgehead atoms. The van der Waals surface area contributed by atoms with Crippen LogP contribution in [0.15, 0.2) is 30.4 Å². The van der Waals surface area contributed by atoms with Crippen LogP contribution in [0, 0.1) is 17.0 Å². The van der Waals surface area contributed by atoms with Crippen LogP contribution < -0.4 is 11.1 Å². The molecule has 6 nitrogen and oxygen atoms in total. The summed E-state index contributed by atoms with van der Waals surface area (Å²) in [6, 6.07) is 4.43. The number of rotatable bonds is 5. The molecule has 0 aliphatic heterocycles. The molecule has 1 aromatic rings. The molecular formula is C12H15N3O3. The Kier molecular flexibility index (Phi) is 5.01. The molecule has 0 unspecified atom stereocenters. The molecule has 0 heterocycles. The highest BCUT2D eigenvalue weighted by molar-refractivity contribution is 5.98. The number of nitrogens with two attached hydrogens (primary N) is 1. The van der Waals surface area contributed by atoms with Crippen LogP contribution in [0.25, 0.3) is 0 Å². The van der Waals surface area contributed by atoms with Gasteiger partial charge in [-0.2, -0.15) is 0 Å². The number of carbonyl (C=O) groups is 1. The van der Waals surface area contributed by atoms with E-state index in [1.54, 1.807) is 25.1 Å². The van der Waals surface area contributed by atoms with Crippen molar-refractivity contribution >= 4 is 11.6 Å². The van der Waals surface area contributed by atoms with E-state index >= 15 is 0 Å². The van der Waals surface area contributed by atoms with E-state index in [0.29, 0.717) is 13.1 Å². The predicted octanol–water partition coefficient (Wildman–Crippen LogP) is 1.15. The fourth-order valence-electron chi connectivity index (χ4n) is 1.42. The first-order chi connectivity index (χ1) is 8.56. The molecule has 18 heavy (non-hydrogen) atoms. The van der Waals surface area contributed by atoms with E-state index in [-0.39, 0.29) is 11.3 Å². The number of benzene rings is 1. The third-order valence-electron chi connectivity index (χ3n) is 2.28. The molecule has 0 aromatic heterocycles. The number of amides is 1. The van der Waals surface area contributed by atoms with Crippen molar-refractivity contribution in [2.24, 2.45) is 5.73 Å². The minimum absolute atomic E-state index is 0.0705. The third-order valence-corrected chi connectivity index (χ3v) is 2.28. The monoisotopic (exact) mass is 249 g/mol. The zero-order valence-corrected chi connectivity index (χ0v) is 10.1. The minimum Gasteiger partial charge on any atom is -0.348 e. The molecule has 1 rings (SSSR count). The van der Waals surface area contributed by atoms with Crippen molar-refractivity contribution in [3.63, 3.8) is 0 Å². The Morgan fingerprint density at radius 1 is 1.50 bits per heavy atom. The first-order valence-corrected chi connectivity index (χ1v) is 5.44. The Hall–Kier alpha value is -2.21. The first-order valence-electron chi connectivity index (χ1n) is 5.44. The number of nitro groups is 1. The molecule has 1 aromatic carbocycles. The number of nitro benzene ring substituents is 1. The summed E-state index contributed by atoms with van der Waals surface area (Å²) in [5.41, 5.74) is 5.92. The topological polar surface area (TPSA) is 98.3 Å². The van der Waals surface area contributed by atoms with Gasteiger partial charge in [0, 0.05) is 19.2 Å². The van der Waals surface area contributed by atoms with E-state index in [1.165, 1.54) is 12.1 Å². The molecule has 1 amide bonds. The average Bonchev–Trinajstić information content (AvgIpc) is 2.34. The van der Waals surface area contributed by atoms with Gasteiger partial charge < -0.3 is 11.1 Å². The van der Waals surface area contributed by atoms with Crippen LogP contribution >= 0.6 is 0 Å². The lowest BCUT2D eigenvalue weighted by atomic mass is 10.1. The van der Waals surface area contributed by atoms with E-state index in [2.05, 4.69) is 5.32 Å². The quantitative estimate of drug-likeness (QED) is 0.464. The van der Waals surface area contributed by atoms with Gasteiger partial charge in [-0.25, -0.2) is 0 Å². The number of carbonyl (C=O) groups excluding carboxylic acids is 1. The first kappa shape index (κ1) is 13.9. The SMILES string of the molecule is Cc1ccc([N+](=O)[O-])c(C(=O)NC/C=C/CN)c1. The van der Waals surface area contributed by atoms with Crippen molar-refractivity contribution < 1.29 is 9.72 Å². The zero-order valence-electron chi connectivity index (χ0n) is 10.1. The van der Waals surface area contributed by atoms with Crippen molar-refractivity contribution in [1.29, 1.82) is 0 Å². The maximum Gasteiger partial charge on any atom is 0.282 e. The highest BCUT2D eigenvalue weighted by Crippen LogP contribution is 2.19. The normalized spacial score (nSPS) is 10.6. The summed E-state index contributed by atoms with van der Waals surface area (Å²) in [7, 11) is 0. The smallest absolute Gasteiger partial charge is 0.282 e. The van der Waals surface area contributed by atoms with Crippen LogP contribution in [0.1, 0.15) is 15.9 Å². The zero-order chi connectivity index (χ0) is 13.5. The molecule has 0 radical (unpaired) electrons. The Balaban J connectivity index is 2.87. The second kappa shape index (κ2) is 6.51. The number of aryl methyl sites for hydroxylation is 1. The van der Waals surface area contributed by atoms with E-state index < -0.39 is 10.8 Å². The maximum atomic E-state index is 11.8. The predicted molar refractivity (Wildman–Crippen MR) is 68.4 cm³/mol. The molecule has 0 fully saturated rings. The Bertz CT molecular complexity index is 483. The summed E-state index contributed by atoms with van der Waals surface area (Å²) in [5.74, 6) is -0.466. The van der Waals surface area contributed by atoms with Crippen LogP contribution in [0.4, 0.5) is 5.69 Å². The van der Waals surface area contributed by atoms with E-state index in [9.17, 15) is 14.9 Å². The van der Waals surface area contributed by atoms with Crippen LogP contribution in [0.5, 0.6) is 0 Å². The van der Waals surface area contributed by atoms with Gasteiger partial charge in [0.05, 0.1) is 4.92 Å². The van der Waals surface area contributed by atoms with Crippen LogP contribution in [-0.4, -0.2) is 23.9 Å². The maximum absolute atomic E-state index is 11.8.